The van der Waals surface area contributed by atoms with Gasteiger partial charge in [0.1, 0.15) is 0 Å². The van der Waals surface area contributed by atoms with Crippen molar-refractivity contribution < 1.29 is 0 Å². The summed E-state index contributed by atoms with van der Waals surface area (Å²) in [5.74, 6) is 0.728. The lowest BCUT2D eigenvalue weighted by Crippen LogP contribution is -2.25. The maximum atomic E-state index is 5.28. The second-order valence-electron chi connectivity index (χ2n) is 17.3. The number of hydrogen-bond acceptors (Lipinski definition) is 3. The van der Waals surface area contributed by atoms with Crippen LogP contribution in [0.4, 0.5) is 0 Å². The van der Waals surface area contributed by atoms with Crippen LogP contribution in [0, 0.1) is 20.8 Å². The van der Waals surface area contributed by atoms with Gasteiger partial charge in [-0.3, -0.25) is 4.98 Å². The van der Waals surface area contributed by atoms with Crippen LogP contribution in [0.3, 0.4) is 0 Å². The molecule has 2 aliphatic carbocycles. The highest BCUT2D eigenvalue weighted by Gasteiger charge is 2.52. The molecule has 2 heterocycles. The molecule has 1 spiro atoms. The fourth-order valence-electron chi connectivity index (χ4n) is 10.6. The summed E-state index contributed by atoms with van der Waals surface area (Å²) in [5.41, 5.74) is 25.5. The van der Waals surface area contributed by atoms with Crippen molar-refractivity contribution in [3.8, 4) is 89.4 Å². The second-order valence-corrected chi connectivity index (χ2v) is 17.3. The summed E-state index contributed by atoms with van der Waals surface area (Å²) in [4.78, 5) is 14.9. The molecule has 64 heavy (non-hydrogen) atoms. The second kappa shape index (κ2) is 14.8. The molecule has 0 radical (unpaired) electrons. The average Bonchev–Trinajstić information content (AvgIpc) is 3.82. The van der Waals surface area contributed by atoms with Crippen molar-refractivity contribution in [3.63, 3.8) is 0 Å². The summed E-state index contributed by atoms with van der Waals surface area (Å²) in [5, 5.41) is 0. The number of benzene rings is 8. The van der Waals surface area contributed by atoms with Crippen LogP contribution in [-0.4, -0.2) is 15.0 Å². The van der Waals surface area contributed by atoms with Crippen LogP contribution in [0.2, 0.25) is 0 Å². The zero-order valence-corrected chi connectivity index (χ0v) is 36.0. The number of fused-ring (bicyclic) bond motifs is 10. The molecule has 8 aromatic carbocycles. The molecule has 0 N–H and O–H groups in total. The van der Waals surface area contributed by atoms with Crippen LogP contribution in [0.15, 0.2) is 206 Å². The molecular formula is C61H43N3. The molecular weight excluding hydrogens is 775 g/mol. The van der Waals surface area contributed by atoms with E-state index in [0.717, 1.165) is 39.6 Å². The van der Waals surface area contributed by atoms with Gasteiger partial charge in [0.05, 0.1) is 11.1 Å². The van der Waals surface area contributed by atoms with Gasteiger partial charge in [-0.2, -0.15) is 0 Å². The van der Waals surface area contributed by atoms with Crippen molar-refractivity contribution in [3.05, 3.63) is 246 Å². The van der Waals surface area contributed by atoms with Gasteiger partial charge in [0.25, 0.3) is 0 Å². The van der Waals surface area contributed by atoms with Gasteiger partial charge >= 0.3 is 0 Å². The standard InChI is InChI=1S/C61H43N3/c1-38-34-52(40(3)62-37-38)45-30-26-42(27-31-45)41-24-28-44(29-25-41)48-20-13-23-57-59(48)51-19-10-12-22-55(51)61(57)54-21-11-9-17-49(54)53-36-46(32-33-56(53)61)60-63-39(2)35-58(64-60)50-18-8-7-16-47(50)43-14-5-4-6-15-43/h4-37H,1-3H3. The lowest BCUT2D eigenvalue weighted by molar-refractivity contribution is 0.794. The normalized spacial score (nSPS) is 14.2. The Morgan fingerprint density at radius 2 is 0.875 bits per heavy atom. The van der Waals surface area contributed by atoms with Gasteiger partial charge in [0.2, 0.25) is 0 Å². The van der Waals surface area contributed by atoms with E-state index in [9.17, 15) is 0 Å². The lowest BCUT2D eigenvalue weighted by atomic mass is 9.70. The highest BCUT2D eigenvalue weighted by molar-refractivity contribution is 6.00. The lowest BCUT2D eigenvalue weighted by Gasteiger charge is -2.30. The molecule has 12 rings (SSSR count). The van der Waals surface area contributed by atoms with Gasteiger partial charge in [-0.1, -0.05) is 182 Å². The molecule has 0 aliphatic heterocycles. The van der Waals surface area contributed by atoms with Gasteiger partial charge < -0.3 is 0 Å². The van der Waals surface area contributed by atoms with E-state index < -0.39 is 5.41 Å². The number of hydrogen-bond donors (Lipinski definition) is 0. The van der Waals surface area contributed by atoms with Crippen molar-refractivity contribution in [1.29, 1.82) is 0 Å². The minimum atomic E-state index is -0.480. The van der Waals surface area contributed by atoms with E-state index in [0.29, 0.717) is 0 Å². The third kappa shape index (κ3) is 5.85. The smallest absolute Gasteiger partial charge is 0.160 e. The number of rotatable bonds is 6. The highest BCUT2D eigenvalue weighted by Crippen LogP contribution is 2.64. The van der Waals surface area contributed by atoms with E-state index in [-0.39, 0.29) is 0 Å². The molecule has 302 valence electrons. The van der Waals surface area contributed by atoms with Gasteiger partial charge in [0.15, 0.2) is 5.82 Å². The molecule has 10 aromatic rings. The Labute approximate surface area is 374 Å². The molecule has 0 bridgehead atoms. The van der Waals surface area contributed by atoms with Crippen molar-refractivity contribution in [1.82, 2.24) is 15.0 Å². The first-order valence-corrected chi connectivity index (χ1v) is 22.1. The first kappa shape index (κ1) is 37.7. The molecule has 2 aromatic heterocycles. The largest absolute Gasteiger partial charge is 0.261 e. The van der Waals surface area contributed by atoms with Gasteiger partial charge in [0, 0.05) is 34.3 Å². The summed E-state index contributed by atoms with van der Waals surface area (Å²) < 4.78 is 0. The summed E-state index contributed by atoms with van der Waals surface area (Å²) in [7, 11) is 0. The maximum absolute atomic E-state index is 5.28. The molecule has 0 amide bonds. The minimum absolute atomic E-state index is 0.480. The molecule has 0 saturated carbocycles. The fraction of sp³-hybridized carbons (Fsp3) is 0.0656. The fourth-order valence-corrected chi connectivity index (χ4v) is 10.6. The third-order valence-electron chi connectivity index (χ3n) is 13.5. The molecule has 1 unspecified atom stereocenters. The van der Waals surface area contributed by atoms with Crippen molar-refractivity contribution in [2.24, 2.45) is 0 Å². The monoisotopic (exact) mass is 817 g/mol. The molecule has 0 saturated heterocycles. The van der Waals surface area contributed by atoms with Crippen molar-refractivity contribution >= 4 is 0 Å². The summed E-state index contributed by atoms with van der Waals surface area (Å²) >= 11 is 0. The van der Waals surface area contributed by atoms with E-state index in [1.54, 1.807) is 0 Å². The van der Waals surface area contributed by atoms with Gasteiger partial charge in [-0.05, 0) is 128 Å². The minimum Gasteiger partial charge on any atom is -0.261 e. The van der Waals surface area contributed by atoms with E-state index >= 15 is 0 Å². The van der Waals surface area contributed by atoms with E-state index in [1.165, 1.54) is 89.0 Å². The zero-order valence-electron chi connectivity index (χ0n) is 36.0. The molecule has 3 nitrogen and oxygen atoms in total. The number of nitrogens with zero attached hydrogens (tertiary/aromatic N) is 3. The summed E-state index contributed by atoms with van der Waals surface area (Å²) in [6.45, 7) is 6.24. The van der Waals surface area contributed by atoms with Crippen LogP contribution < -0.4 is 0 Å². The predicted octanol–water partition coefficient (Wildman–Crippen LogP) is 15.1. The van der Waals surface area contributed by atoms with E-state index in [2.05, 4.69) is 226 Å². The Bertz CT molecular complexity index is 3460. The predicted molar refractivity (Wildman–Crippen MR) is 263 cm³/mol. The summed E-state index contributed by atoms with van der Waals surface area (Å²) in [6, 6.07) is 73.3. The van der Waals surface area contributed by atoms with E-state index in [1.807, 2.05) is 6.20 Å². The first-order valence-electron chi connectivity index (χ1n) is 22.1. The molecule has 3 heteroatoms. The number of aromatic nitrogens is 3. The van der Waals surface area contributed by atoms with Crippen LogP contribution >= 0.6 is 0 Å². The Balaban J connectivity index is 0.957. The Kier molecular flexibility index (Phi) is 8.74. The Morgan fingerprint density at radius 3 is 1.61 bits per heavy atom. The van der Waals surface area contributed by atoms with Crippen molar-refractivity contribution in [2.75, 3.05) is 0 Å². The zero-order chi connectivity index (χ0) is 42.9. The quantitative estimate of drug-likeness (QED) is 0.168. The number of pyridine rings is 1. The molecule has 0 fully saturated rings. The molecule has 2 aliphatic rings. The first-order chi connectivity index (χ1) is 31.5. The van der Waals surface area contributed by atoms with Gasteiger partial charge in [-0.15, -0.1) is 0 Å². The summed E-state index contributed by atoms with van der Waals surface area (Å²) in [6.07, 6.45) is 1.93. The van der Waals surface area contributed by atoms with Crippen molar-refractivity contribution in [2.45, 2.75) is 26.2 Å². The number of aryl methyl sites for hydroxylation is 3. The molecule has 1 atom stereocenters. The van der Waals surface area contributed by atoms with Gasteiger partial charge in [-0.25, -0.2) is 9.97 Å². The van der Waals surface area contributed by atoms with Crippen LogP contribution in [0.5, 0.6) is 0 Å². The van der Waals surface area contributed by atoms with E-state index in [4.69, 9.17) is 9.97 Å². The van der Waals surface area contributed by atoms with Crippen LogP contribution in [0.1, 0.15) is 39.2 Å². The Hall–Kier alpha value is -8.01. The van der Waals surface area contributed by atoms with Crippen LogP contribution in [-0.2, 0) is 5.41 Å². The topological polar surface area (TPSA) is 38.7 Å². The average molecular weight is 818 g/mol. The van der Waals surface area contributed by atoms with Crippen LogP contribution in [0.25, 0.3) is 89.4 Å². The maximum Gasteiger partial charge on any atom is 0.160 e. The SMILES string of the molecule is Cc1cnc(C)c(-c2ccc(-c3ccc(-c4cccc5c4-c4ccccc4C54c5ccccc5-c5cc(-c6nc(C)cc(-c7ccccc7-c7ccccc7)n6)ccc54)cc3)cc2)c1. The third-order valence-corrected chi connectivity index (χ3v) is 13.5. The Morgan fingerprint density at radius 1 is 0.344 bits per heavy atom. The highest BCUT2D eigenvalue weighted by atomic mass is 14.9.